The molecule has 0 saturated carbocycles. The van der Waals surface area contributed by atoms with Gasteiger partial charge in [0.25, 0.3) is 0 Å². The highest BCUT2D eigenvalue weighted by atomic mass is 17.1. The molecule has 0 saturated heterocycles. The topological polar surface area (TPSA) is 66.8 Å². The van der Waals surface area contributed by atoms with Gasteiger partial charge in [-0.3, -0.25) is 10.1 Å². The summed E-state index contributed by atoms with van der Waals surface area (Å²) in [5.74, 6) is -1.51. The lowest BCUT2D eigenvalue weighted by molar-refractivity contribution is -0.252. The van der Waals surface area contributed by atoms with E-state index in [-0.39, 0.29) is 12.5 Å². The number of hydrogen-bond acceptors (Lipinski definition) is 3. The van der Waals surface area contributed by atoms with Gasteiger partial charge in [-0.1, -0.05) is 13.8 Å². The third-order valence-corrected chi connectivity index (χ3v) is 1.58. The lowest BCUT2D eigenvalue weighted by Gasteiger charge is -2.12. The van der Waals surface area contributed by atoms with Crippen LogP contribution in [0.2, 0.25) is 0 Å². The van der Waals surface area contributed by atoms with Gasteiger partial charge < -0.3 is 5.11 Å². The minimum absolute atomic E-state index is 0.0630. The molecule has 0 aromatic heterocycles. The number of aliphatic carboxylic acids is 1. The summed E-state index contributed by atoms with van der Waals surface area (Å²) in [6.45, 7) is 3.34. The van der Waals surface area contributed by atoms with Crippen LogP contribution >= 0.6 is 0 Å². The zero-order valence-electron chi connectivity index (χ0n) is 6.07. The van der Waals surface area contributed by atoms with Crippen molar-refractivity contribution in [1.29, 1.82) is 0 Å². The van der Waals surface area contributed by atoms with Gasteiger partial charge in [0.15, 0.2) is 0 Å². The highest BCUT2D eigenvalue weighted by molar-refractivity contribution is 5.69. The lowest BCUT2D eigenvalue weighted by Crippen LogP contribution is -2.21. The minimum atomic E-state index is -0.871. The Morgan fingerprint density at radius 1 is 1.60 bits per heavy atom. The summed E-state index contributed by atoms with van der Waals surface area (Å²) in [5, 5.41) is 16.4. The van der Waals surface area contributed by atoms with Crippen molar-refractivity contribution in [3.05, 3.63) is 0 Å². The third kappa shape index (κ3) is 2.80. The van der Waals surface area contributed by atoms with Gasteiger partial charge in [-0.05, 0) is 5.92 Å². The first-order valence-electron chi connectivity index (χ1n) is 3.08. The molecule has 2 atom stereocenters. The molecule has 2 unspecified atom stereocenters. The van der Waals surface area contributed by atoms with Gasteiger partial charge in [0.1, 0.15) is 0 Å². The molecule has 60 valence electrons. The molecule has 0 rings (SSSR count). The average Bonchev–Trinajstić information content (AvgIpc) is 1.87. The monoisotopic (exact) mass is 148 g/mol. The van der Waals surface area contributed by atoms with E-state index in [1.165, 1.54) is 0 Å². The fourth-order valence-electron chi connectivity index (χ4n) is 0.505. The quantitative estimate of drug-likeness (QED) is 0.457. The van der Waals surface area contributed by atoms with E-state index in [0.717, 1.165) is 0 Å². The van der Waals surface area contributed by atoms with Crippen LogP contribution < -0.4 is 0 Å². The standard InChI is InChI=1S/C6H12O4/c1-4(3-10-9)5(2)6(7)8/h4-5,9H,3H2,1-2H3,(H,7,8). The Bertz CT molecular complexity index is 112. The summed E-state index contributed by atoms with van der Waals surface area (Å²) >= 11 is 0. The molecule has 4 nitrogen and oxygen atoms in total. The van der Waals surface area contributed by atoms with Crippen molar-refractivity contribution in [3.63, 3.8) is 0 Å². The molecule has 0 aliphatic rings. The number of carboxylic acids is 1. The second kappa shape index (κ2) is 4.24. The number of carbonyl (C=O) groups is 1. The Morgan fingerprint density at radius 2 is 2.10 bits per heavy atom. The van der Waals surface area contributed by atoms with Gasteiger partial charge in [0.05, 0.1) is 12.5 Å². The largest absolute Gasteiger partial charge is 0.481 e. The molecule has 0 aliphatic carbocycles. The predicted octanol–water partition coefficient (Wildman–Crippen LogP) is 0.833. The van der Waals surface area contributed by atoms with E-state index < -0.39 is 11.9 Å². The molecule has 10 heavy (non-hydrogen) atoms. The Kier molecular flexibility index (Phi) is 3.99. The van der Waals surface area contributed by atoms with Crippen LogP contribution in [0.3, 0.4) is 0 Å². The maximum atomic E-state index is 10.3. The Hall–Kier alpha value is -0.610. The molecular formula is C6H12O4. The van der Waals surface area contributed by atoms with Crippen molar-refractivity contribution in [2.75, 3.05) is 6.61 Å². The smallest absolute Gasteiger partial charge is 0.306 e. The molecule has 0 aromatic carbocycles. The predicted molar refractivity (Wildman–Crippen MR) is 34.5 cm³/mol. The van der Waals surface area contributed by atoms with Crippen molar-refractivity contribution in [2.45, 2.75) is 13.8 Å². The maximum absolute atomic E-state index is 10.3. The van der Waals surface area contributed by atoms with E-state index in [0.29, 0.717) is 0 Å². The van der Waals surface area contributed by atoms with Crippen LogP contribution in [-0.4, -0.2) is 22.9 Å². The Balaban J connectivity index is 3.69. The van der Waals surface area contributed by atoms with Crippen LogP contribution in [0.5, 0.6) is 0 Å². The summed E-state index contributed by atoms with van der Waals surface area (Å²) in [4.78, 5) is 14.1. The van der Waals surface area contributed by atoms with E-state index in [1.807, 2.05) is 0 Å². The highest BCUT2D eigenvalue weighted by Crippen LogP contribution is 2.10. The van der Waals surface area contributed by atoms with Gasteiger partial charge in [-0.25, -0.2) is 4.89 Å². The van der Waals surface area contributed by atoms with E-state index in [2.05, 4.69) is 4.89 Å². The van der Waals surface area contributed by atoms with E-state index in [9.17, 15) is 4.79 Å². The second-order valence-electron chi connectivity index (χ2n) is 2.40. The average molecular weight is 148 g/mol. The molecule has 4 heteroatoms. The normalized spacial score (nSPS) is 16.3. The number of rotatable bonds is 4. The van der Waals surface area contributed by atoms with Crippen LogP contribution in [0.25, 0.3) is 0 Å². The molecular weight excluding hydrogens is 136 g/mol. The van der Waals surface area contributed by atoms with Gasteiger partial charge in [0.2, 0.25) is 0 Å². The second-order valence-corrected chi connectivity index (χ2v) is 2.40. The van der Waals surface area contributed by atoms with Crippen molar-refractivity contribution < 1.29 is 20.0 Å². The molecule has 0 aromatic rings. The summed E-state index contributed by atoms with van der Waals surface area (Å²) < 4.78 is 0. The molecule has 0 radical (unpaired) electrons. The Morgan fingerprint density at radius 3 is 2.40 bits per heavy atom. The zero-order chi connectivity index (χ0) is 8.15. The molecule has 0 aliphatic heterocycles. The summed E-state index contributed by atoms with van der Waals surface area (Å²) in [6.07, 6.45) is 0. The molecule has 0 heterocycles. The third-order valence-electron chi connectivity index (χ3n) is 1.58. The van der Waals surface area contributed by atoms with E-state index in [4.69, 9.17) is 10.4 Å². The lowest BCUT2D eigenvalue weighted by atomic mass is 9.97. The zero-order valence-corrected chi connectivity index (χ0v) is 6.07. The molecule has 0 spiro atoms. The van der Waals surface area contributed by atoms with Gasteiger partial charge in [-0.2, -0.15) is 0 Å². The minimum Gasteiger partial charge on any atom is -0.481 e. The first kappa shape index (κ1) is 9.39. The van der Waals surface area contributed by atoms with Crippen LogP contribution in [0.15, 0.2) is 0 Å². The van der Waals surface area contributed by atoms with E-state index >= 15 is 0 Å². The molecule has 0 amide bonds. The maximum Gasteiger partial charge on any atom is 0.306 e. The number of carboxylic acid groups (broad SMARTS) is 1. The molecule has 0 fully saturated rings. The van der Waals surface area contributed by atoms with Gasteiger partial charge in [-0.15, -0.1) is 0 Å². The first-order valence-corrected chi connectivity index (χ1v) is 3.08. The van der Waals surface area contributed by atoms with Gasteiger partial charge >= 0.3 is 5.97 Å². The fraction of sp³-hybridized carbons (Fsp3) is 0.833. The first-order chi connectivity index (χ1) is 4.59. The SMILES string of the molecule is CC(COO)C(C)C(=O)O. The van der Waals surface area contributed by atoms with Crippen LogP contribution in [0.1, 0.15) is 13.8 Å². The summed E-state index contributed by atoms with van der Waals surface area (Å²) in [7, 11) is 0. The number of hydrogen-bond donors (Lipinski definition) is 2. The van der Waals surface area contributed by atoms with Crippen molar-refractivity contribution in [2.24, 2.45) is 11.8 Å². The van der Waals surface area contributed by atoms with Crippen molar-refractivity contribution in [3.8, 4) is 0 Å². The van der Waals surface area contributed by atoms with E-state index in [1.54, 1.807) is 13.8 Å². The van der Waals surface area contributed by atoms with Crippen LogP contribution in [0, 0.1) is 11.8 Å². The van der Waals surface area contributed by atoms with Crippen molar-refractivity contribution >= 4 is 5.97 Å². The van der Waals surface area contributed by atoms with Gasteiger partial charge in [0, 0.05) is 0 Å². The van der Waals surface area contributed by atoms with Crippen molar-refractivity contribution in [1.82, 2.24) is 0 Å². The van der Waals surface area contributed by atoms with Crippen LogP contribution in [0.4, 0.5) is 0 Å². The fourth-order valence-corrected chi connectivity index (χ4v) is 0.505. The Labute approximate surface area is 59.4 Å². The summed E-state index contributed by atoms with van der Waals surface area (Å²) in [5.41, 5.74) is 0. The molecule has 2 N–H and O–H groups in total. The molecule has 0 bridgehead atoms. The van der Waals surface area contributed by atoms with Crippen LogP contribution in [-0.2, 0) is 9.68 Å². The highest BCUT2D eigenvalue weighted by Gasteiger charge is 2.18. The summed E-state index contributed by atoms with van der Waals surface area (Å²) in [6, 6.07) is 0.